The second kappa shape index (κ2) is 9.97. The van der Waals surface area contributed by atoms with Crippen LogP contribution in [0.3, 0.4) is 0 Å². The van der Waals surface area contributed by atoms with Crippen molar-refractivity contribution >= 4 is 5.97 Å². The van der Waals surface area contributed by atoms with Gasteiger partial charge in [0.05, 0.1) is 32.7 Å². The second-order valence-electron chi connectivity index (χ2n) is 6.63. The van der Waals surface area contributed by atoms with E-state index < -0.39 is 23.1 Å². The summed E-state index contributed by atoms with van der Waals surface area (Å²) in [6, 6.07) is 6.24. The molecule has 0 saturated carbocycles. The number of rotatable bonds is 9. The molecule has 158 valence electrons. The van der Waals surface area contributed by atoms with Crippen LogP contribution in [0.25, 0.3) is 0 Å². The van der Waals surface area contributed by atoms with Crippen LogP contribution in [0.5, 0.6) is 17.2 Å². The molecule has 0 saturated heterocycles. The van der Waals surface area contributed by atoms with Crippen molar-refractivity contribution in [1.82, 2.24) is 0 Å². The fourth-order valence-corrected chi connectivity index (χ4v) is 2.87. The molecule has 0 spiro atoms. The maximum atomic E-state index is 12.2. The van der Waals surface area contributed by atoms with Gasteiger partial charge in [-0.2, -0.15) is 0 Å². The Morgan fingerprint density at radius 1 is 1.14 bits per heavy atom. The molecule has 1 heterocycles. The SMILES string of the molecule is COCc1cc(=O)c(O)c(C(CC(=O)OC)c2ccc(OC(C)C)c(OC)c2)o1. The van der Waals surface area contributed by atoms with Gasteiger partial charge in [-0.1, -0.05) is 6.07 Å². The maximum Gasteiger partial charge on any atom is 0.306 e. The summed E-state index contributed by atoms with van der Waals surface area (Å²) in [5, 5.41) is 10.4. The number of benzene rings is 1. The minimum absolute atomic E-state index is 0.0396. The normalized spacial score (nSPS) is 11.9. The molecule has 0 bridgehead atoms. The topological polar surface area (TPSA) is 104 Å². The van der Waals surface area contributed by atoms with Crippen LogP contribution in [-0.2, 0) is 20.9 Å². The molecule has 0 amide bonds. The highest BCUT2D eigenvalue weighted by atomic mass is 16.5. The highest BCUT2D eigenvalue weighted by Gasteiger charge is 2.27. The molecular weight excluding hydrogens is 380 g/mol. The zero-order valence-electron chi connectivity index (χ0n) is 17.2. The summed E-state index contributed by atoms with van der Waals surface area (Å²) >= 11 is 0. The maximum absolute atomic E-state index is 12.2. The molecule has 0 aliphatic carbocycles. The lowest BCUT2D eigenvalue weighted by Gasteiger charge is -2.20. The Morgan fingerprint density at radius 2 is 1.86 bits per heavy atom. The molecule has 1 unspecified atom stereocenters. The minimum atomic E-state index is -0.783. The first-order valence-electron chi connectivity index (χ1n) is 9.06. The molecule has 8 nitrogen and oxygen atoms in total. The van der Waals surface area contributed by atoms with E-state index in [9.17, 15) is 14.7 Å². The Morgan fingerprint density at radius 3 is 2.45 bits per heavy atom. The van der Waals surface area contributed by atoms with Gasteiger partial charge in [0.15, 0.2) is 17.3 Å². The van der Waals surface area contributed by atoms with Crippen LogP contribution in [0, 0.1) is 0 Å². The summed E-state index contributed by atoms with van der Waals surface area (Å²) in [6.07, 6.45) is -0.217. The van der Waals surface area contributed by atoms with E-state index in [2.05, 4.69) is 0 Å². The van der Waals surface area contributed by atoms with Crippen molar-refractivity contribution < 1.29 is 33.3 Å². The van der Waals surface area contributed by atoms with Crippen molar-refractivity contribution in [3.05, 3.63) is 51.6 Å². The van der Waals surface area contributed by atoms with Gasteiger partial charge in [-0.05, 0) is 31.5 Å². The molecule has 1 N–H and O–H groups in total. The first-order chi connectivity index (χ1) is 13.8. The highest BCUT2D eigenvalue weighted by Crippen LogP contribution is 2.38. The first-order valence-corrected chi connectivity index (χ1v) is 9.06. The summed E-state index contributed by atoms with van der Waals surface area (Å²) in [7, 11) is 4.21. The second-order valence-corrected chi connectivity index (χ2v) is 6.63. The van der Waals surface area contributed by atoms with Crippen molar-refractivity contribution in [1.29, 1.82) is 0 Å². The summed E-state index contributed by atoms with van der Waals surface area (Å²) in [6.45, 7) is 3.82. The smallest absolute Gasteiger partial charge is 0.306 e. The van der Waals surface area contributed by atoms with Crippen LogP contribution in [0.4, 0.5) is 0 Å². The largest absolute Gasteiger partial charge is 0.502 e. The van der Waals surface area contributed by atoms with Crippen LogP contribution < -0.4 is 14.9 Å². The van der Waals surface area contributed by atoms with Crippen LogP contribution in [-0.4, -0.2) is 38.5 Å². The van der Waals surface area contributed by atoms with E-state index in [1.165, 1.54) is 21.3 Å². The Hall–Kier alpha value is -3.00. The lowest BCUT2D eigenvalue weighted by atomic mass is 9.92. The number of carbonyl (C=O) groups excluding carboxylic acids is 1. The quantitative estimate of drug-likeness (QED) is 0.634. The zero-order chi connectivity index (χ0) is 21.6. The average Bonchev–Trinajstić information content (AvgIpc) is 2.69. The Balaban J connectivity index is 2.60. The molecule has 2 aromatic rings. The summed E-state index contributed by atoms with van der Waals surface area (Å²) in [4.78, 5) is 24.2. The molecule has 0 radical (unpaired) electrons. The van der Waals surface area contributed by atoms with E-state index in [4.69, 9.17) is 23.4 Å². The third-order valence-electron chi connectivity index (χ3n) is 4.15. The molecule has 0 aliphatic heterocycles. The average molecular weight is 406 g/mol. The molecule has 8 heteroatoms. The standard InChI is InChI=1S/C21H26O8/c1-12(2)28-17-7-6-13(8-18(17)26-4)15(10-19(23)27-5)21-20(24)16(22)9-14(29-21)11-25-3/h6-9,12,15,24H,10-11H2,1-5H3. The molecule has 0 fully saturated rings. The van der Waals surface area contributed by atoms with Crippen molar-refractivity contribution in [3.63, 3.8) is 0 Å². The monoisotopic (exact) mass is 406 g/mol. The predicted molar refractivity (Wildman–Crippen MR) is 105 cm³/mol. The highest BCUT2D eigenvalue weighted by molar-refractivity contribution is 5.71. The lowest BCUT2D eigenvalue weighted by molar-refractivity contribution is -0.140. The van der Waals surface area contributed by atoms with Crippen LogP contribution in [0.2, 0.25) is 0 Å². The number of aromatic hydroxyl groups is 1. The summed E-state index contributed by atoms with van der Waals surface area (Å²) in [5.41, 5.74) is -0.0451. The van der Waals surface area contributed by atoms with Gasteiger partial charge in [0.25, 0.3) is 0 Å². The number of hydrogen-bond donors (Lipinski definition) is 1. The van der Waals surface area contributed by atoms with Gasteiger partial charge in [-0.15, -0.1) is 0 Å². The van der Waals surface area contributed by atoms with Crippen molar-refractivity contribution in [2.24, 2.45) is 0 Å². The predicted octanol–water partition coefficient (Wildman–Crippen LogP) is 2.98. The van der Waals surface area contributed by atoms with Gasteiger partial charge in [0, 0.05) is 13.2 Å². The summed E-state index contributed by atoms with van der Waals surface area (Å²) in [5.74, 6) is -0.728. The van der Waals surface area contributed by atoms with Crippen LogP contribution >= 0.6 is 0 Å². The number of hydrogen-bond acceptors (Lipinski definition) is 8. The lowest BCUT2D eigenvalue weighted by Crippen LogP contribution is -2.14. The number of methoxy groups -OCH3 is 3. The van der Waals surface area contributed by atoms with Gasteiger partial charge < -0.3 is 28.5 Å². The van der Waals surface area contributed by atoms with Crippen LogP contribution in [0.15, 0.2) is 33.5 Å². The van der Waals surface area contributed by atoms with E-state index in [1.807, 2.05) is 13.8 Å². The molecule has 0 aliphatic rings. The van der Waals surface area contributed by atoms with Crippen molar-refractivity contribution in [2.45, 2.75) is 38.9 Å². The van der Waals surface area contributed by atoms with E-state index in [0.717, 1.165) is 6.07 Å². The first kappa shape index (κ1) is 22.3. The molecule has 2 rings (SSSR count). The van der Waals surface area contributed by atoms with Crippen molar-refractivity contribution in [3.8, 4) is 17.2 Å². The van der Waals surface area contributed by atoms with E-state index in [0.29, 0.717) is 17.1 Å². The Kier molecular flexibility index (Phi) is 7.67. The molecule has 1 aromatic carbocycles. The van der Waals surface area contributed by atoms with Gasteiger partial charge >= 0.3 is 5.97 Å². The Labute approximate surface area is 169 Å². The number of carbonyl (C=O) groups is 1. The molecule has 29 heavy (non-hydrogen) atoms. The van der Waals surface area contributed by atoms with Crippen molar-refractivity contribution in [2.75, 3.05) is 21.3 Å². The van der Waals surface area contributed by atoms with Gasteiger partial charge in [0.2, 0.25) is 11.2 Å². The van der Waals surface area contributed by atoms with E-state index in [1.54, 1.807) is 18.2 Å². The third-order valence-corrected chi connectivity index (χ3v) is 4.15. The third kappa shape index (κ3) is 5.51. The molecule has 1 aromatic heterocycles. The Bertz CT molecular complexity index is 900. The summed E-state index contributed by atoms with van der Waals surface area (Å²) < 4.78 is 26.6. The fraction of sp³-hybridized carbons (Fsp3) is 0.429. The number of esters is 1. The molecular formula is C21H26O8. The fourth-order valence-electron chi connectivity index (χ4n) is 2.87. The minimum Gasteiger partial charge on any atom is -0.502 e. The zero-order valence-corrected chi connectivity index (χ0v) is 17.2. The van der Waals surface area contributed by atoms with Gasteiger partial charge in [0.1, 0.15) is 12.4 Å². The number of ether oxygens (including phenoxy) is 4. The van der Waals surface area contributed by atoms with Gasteiger partial charge in [-0.3, -0.25) is 9.59 Å². The molecule has 1 atom stereocenters. The van der Waals surface area contributed by atoms with Crippen LogP contribution in [0.1, 0.15) is 43.3 Å². The van der Waals surface area contributed by atoms with Gasteiger partial charge in [-0.25, -0.2) is 0 Å². The van der Waals surface area contributed by atoms with E-state index in [-0.39, 0.29) is 30.7 Å². The van der Waals surface area contributed by atoms with E-state index >= 15 is 0 Å².